The van der Waals surface area contributed by atoms with E-state index in [1.54, 1.807) is 21.1 Å². The minimum atomic E-state index is -1.17. The third-order valence-electron chi connectivity index (χ3n) is 5.15. The van der Waals surface area contributed by atoms with E-state index in [-0.39, 0.29) is 23.8 Å². The number of Topliss-reactive ketones (excluding diaryl/α,β-unsaturated/α-hetero) is 1. The molecular weight excluding hydrogens is 490 g/mol. The number of aromatic nitrogens is 1. The molecule has 1 aromatic rings. The monoisotopic (exact) mass is 527 g/mol. The van der Waals surface area contributed by atoms with Crippen molar-refractivity contribution >= 4 is 29.4 Å². The second kappa shape index (κ2) is 15.0. The Morgan fingerprint density at radius 2 is 1.73 bits per heavy atom. The lowest BCUT2D eigenvalue weighted by Crippen LogP contribution is -2.53. The third-order valence-corrected chi connectivity index (χ3v) is 5.15. The Kier molecular flexibility index (Phi) is 12.9. The zero-order chi connectivity index (χ0) is 28.2. The van der Waals surface area contributed by atoms with Crippen molar-refractivity contribution in [2.24, 2.45) is 11.7 Å². The molecule has 208 valence electrons. The molecule has 1 saturated heterocycles. The Morgan fingerprint density at radius 1 is 1.11 bits per heavy atom. The topological polar surface area (TPSA) is 204 Å². The number of nitrogens with one attached hydrogen (secondary N) is 3. The Labute approximate surface area is 215 Å². The van der Waals surface area contributed by atoms with Crippen LogP contribution in [0.2, 0.25) is 0 Å². The van der Waals surface area contributed by atoms with Crippen LogP contribution in [0, 0.1) is 5.92 Å². The Morgan fingerprint density at radius 3 is 2.22 bits per heavy atom. The molecule has 0 saturated carbocycles. The van der Waals surface area contributed by atoms with Gasteiger partial charge in [-0.1, -0.05) is 19.0 Å². The van der Waals surface area contributed by atoms with Crippen LogP contribution >= 0.6 is 0 Å². The fourth-order valence-electron chi connectivity index (χ4n) is 3.00. The van der Waals surface area contributed by atoms with Crippen molar-refractivity contribution in [2.75, 3.05) is 41.1 Å². The summed E-state index contributed by atoms with van der Waals surface area (Å²) in [5.74, 6) is -3.17. The van der Waals surface area contributed by atoms with E-state index in [1.165, 1.54) is 7.11 Å². The number of carbonyl (C=O) groups excluding carboxylic acids is 5. The predicted octanol–water partition coefficient (Wildman–Crippen LogP) is -0.824. The summed E-state index contributed by atoms with van der Waals surface area (Å²) in [4.78, 5) is 61.0. The van der Waals surface area contributed by atoms with E-state index in [2.05, 4.69) is 30.4 Å². The van der Waals surface area contributed by atoms with E-state index in [0.717, 1.165) is 12.5 Å². The Hall–Kier alpha value is -3.36. The summed E-state index contributed by atoms with van der Waals surface area (Å²) < 4.78 is 19.1. The van der Waals surface area contributed by atoms with Crippen molar-refractivity contribution in [3.63, 3.8) is 0 Å². The van der Waals surface area contributed by atoms with Crippen LogP contribution in [-0.4, -0.2) is 93.3 Å². The lowest BCUT2D eigenvalue weighted by molar-refractivity contribution is -0.131. The van der Waals surface area contributed by atoms with E-state index in [1.807, 2.05) is 13.8 Å². The quantitative estimate of drug-likeness (QED) is 0.221. The van der Waals surface area contributed by atoms with E-state index in [0.29, 0.717) is 18.9 Å². The second-order valence-electron chi connectivity index (χ2n) is 9.02. The van der Waals surface area contributed by atoms with Crippen LogP contribution in [0.1, 0.15) is 54.7 Å². The lowest BCUT2D eigenvalue weighted by Gasteiger charge is -2.21. The molecule has 4 amide bonds. The highest BCUT2D eigenvalue weighted by molar-refractivity contribution is 5.99. The summed E-state index contributed by atoms with van der Waals surface area (Å²) >= 11 is 0. The smallest absolute Gasteiger partial charge is 0.287 e. The zero-order valence-electron chi connectivity index (χ0n) is 22.0. The predicted molar refractivity (Wildman–Crippen MR) is 129 cm³/mol. The van der Waals surface area contributed by atoms with Crippen LogP contribution in [0.25, 0.3) is 0 Å². The number of amides is 4. The van der Waals surface area contributed by atoms with Gasteiger partial charge in [0.1, 0.15) is 11.6 Å². The number of carbonyl (C=O) groups is 5. The van der Waals surface area contributed by atoms with Crippen molar-refractivity contribution in [1.82, 2.24) is 21.1 Å². The van der Waals surface area contributed by atoms with Gasteiger partial charge >= 0.3 is 0 Å². The van der Waals surface area contributed by atoms with Crippen molar-refractivity contribution in [3.8, 4) is 0 Å². The molecule has 0 aromatic carbocycles. The molecule has 0 spiro atoms. The van der Waals surface area contributed by atoms with Gasteiger partial charge in [-0.2, -0.15) is 0 Å². The normalized spacial score (nSPS) is 17.6. The summed E-state index contributed by atoms with van der Waals surface area (Å²) in [5, 5.41) is 10.9. The molecule has 37 heavy (non-hydrogen) atoms. The average molecular weight is 528 g/mol. The zero-order valence-corrected chi connectivity index (χ0v) is 22.0. The van der Waals surface area contributed by atoms with Crippen LogP contribution in [0.3, 0.4) is 0 Å². The summed E-state index contributed by atoms with van der Waals surface area (Å²) in [5.41, 5.74) is 3.90. The van der Waals surface area contributed by atoms with Crippen LogP contribution in [0.4, 0.5) is 0 Å². The largest absolute Gasteiger partial charge is 0.388 e. The third kappa shape index (κ3) is 10.7. The van der Waals surface area contributed by atoms with Gasteiger partial charge in [-0.15, -0.1) is 0 Å². The van der Waals surface area contributed by atoms with E-state index in [4.69, 9.17) is 15.2 Å². The van der Waals surface area contributed by atoms with E-state index >= 15 is 0 Å². The molecule has 3 atom stereocenters. The molecule has 5 N–H and O–H groups in total. The number of methoxy groups -OCH3 is 2. The van der Waals surface area contributed by atoms with Crippen molar-refractivity contribution in [1.29, 1.82) is 0 Å². The highest BCUT2D eigenvalue weighted by Crippen LogP contribution is 2.29. The standard InChI is InChI=1S/C21H31N5O8.C2H6O/c1-11(2)5-6-12(17(28)21(3)10-33-21)24-16(27)8-23-19(30)14(9-32-4)25-20(31)13-7-15(18(22)29)34-26-13;1-3-2/h7,11-12,14H,5-6,8-10H2,1-4H3,(H2,22,29)(H,23,30)(H,24,27)(H,25,31);1-2H3/t12-,14-,21?;/m0./s1. The van der Waals surface area contributed by atoms with Crippen molar-refractivity contribution in [2.45, 2.75) is 51.3 Å². The first-order chi connectivity index (χ1) is 17.4. The van der Waals surface area contributed by atoms with Gasteiger partial charge in [0.15, 0.2) is 11.5 Å². The first kappa shape index (κ1) is 31.7. The minimum absolute atomic E-state index is 0.203. The average Bonchev–Trinajstić information content (AvgIpc) is 3.38. The fourth-order valence-corrected chi connectivity index (χ4v) is 3.00. The fraction of sp³-hybridized carbons (Fsp3) is 0.652. The first-order valence-electron chi connectivity index (χ1n) is 11.6. The number of nitrogens with two attached hydrogens (primary N) is 1. The van der Waals surface area contributed by atoms with Gasteiger partial charge < -0.3 is 40.4 Å². The van der Waals surface area contributed by atoms with Crippen LogP contribution < -0.4 is 21.7 Å². The Balaban J connectivity index is 0.00000217. The Bertz CT molecular complexity index is 943. The van der Waals surface area contributed by atoms with E-state index < -0.39 is 47.9 Å². The second-order valence-corrected chi connectivity index (χ2v) is 9.02. The van der Waals surface area contributed by atoms with Crippen LogP contribution in [0.5, 0.6) is 0 Å². The van der Waals surface area contributed by atoms with Gasteiger partial charge in [-0.05, 0) is 25.7 Å². The highest BCUT2D eigenvalue weighted by Gasteiger charge is 2.49. The van der Waals surface area contributed by atoms with Gasteiger partial charge in [0.05, 0.1) is 25.8 Å². The SMILES string of the molecule is COC.COC[C@H](NC(=O)c1cc(C(N)=O)on1)C(=O)NCC(=O)N[C@@H](CCC(C)C)C(=O)C1(C)CO1. The summed E-state index contributed by atoms with van der Waals surface area (Å²) in [6.07, 6.45) is 1.17. The molecule has 1 aromatic heterocycles. The van der Waals surface area contributed by atoms with Crippen LogP contribution in [0.15, 0.2) is 10.6 Å². The molecule has 2 heterocycles. The number of primary amides is 1. The van der Waals surface area contributed by atoms with Gasteiger partial charge in [-0.25, -0.2) is 0 Å². The first-order valence-corrected chi connectivity index (χ1v) is 11.6. The molecule has 1 unspecified atom stereocenters. The van der Waals surface area contributed by atoms with Crippen molar-refractivity contribution < 1.29 is 42.7 Å². The molecule has 14 nitrogen and oxygen atoms in total. The molecule has 0 radical (unpaired) electrons. The van der Waals surface area contributed by atoms with Gasteiger partial charge in [0.2, 0.25) is 17.6 Å². The highest BCUT2D eigenvalue weighted by atomic mass is 16.6. The van der Waals surface area contributed by atoms with Gasteiger partial charge in [-0.3, -0.25) is 24.0 Å². The molecule has 14 heteroatoms. The molecule has 0 aliphatic carbocycles. The lowest BCUT2D eigenvalue weighted by atomic mass is 9.94. The molecule has 0 bridgehead atoms. The number of ketones is 1. The molecule has 1 aliphatic heterocycles. The summed E-state index contributed by atoms with van der Waals surface area (Å²) in [6, 6.07) is -0.873. The number of hydrogen-bond acceptors (Lipinski definition) is 10. The maximum Gasteiger partial charge on any atom is 0.287 e. The number of nitrogens with zero attached hydrogens (tertiary/aromatic N) is 1. The minimum Gasteiger partial charge on any atom is -0.388 e. The summed E-state index contributed by atoms with van der Waals surface area (Å²) in [7, 11) is 4.58. The molecular formula is C23H37N5O9. The molecule has 1 fully saturated rings. The van der Waals surface area contributed by atoms with Crippen LogP contribution in [-0.2, 0) is 28.6 Å². The maximum atomic E-state index is 12.7. The maximum absolute atomic E-state index is 12.7. The number of ether oxygens (including phenoxy) is 3. The number of rotatable bonds is 14. The number of epoxide rings is 1. The van der Waals surface area contributed by atoms with Gasteiger partial charge in [0, 0.05) is 27.4 Å². The van der Waals surface area contributed by atoms with Gasteiger partial charge in [0.25, 0.3) is 11.8 Å². The molecule has 2 rings (SSSR count). The van der Waals surface area contributed by atoms with Crippen molar-refractivity contribution in [3.05, 3.63) is 17.5 Å². The van der Waals surface area contributed by atoms with E-state index in [9.17, 15) is 24.0 Å². The summed E-state index contributed by atoms with van der Waals surface area (Å²) in [6.45, 7) is 5.37. The number of hydrogen-bond donors (Lipinski definition) is 4. The molecule has 1 aliphatic rings.